The Balaban J connectivity index is 2.01. The lowest BCUT2D eigenvalue weighted by molar-refractivity contribution is -0.134. The van der Waals surface area contributed by atoms with Crippen molar-refractivity contribution in [3.63, 3.8) is 0 Å². The lowest BCUT2D eigenvalue weighted by atomic mass is 10.0. The van der Waals surface area contributed by atoms with Gasteiger partial charge in [0.05, 0.1) is 0 Å². The minimum absolute atomic E-state index is 0.305. The van der Waals surface area contributed by atoms with Crippen LogP contribution in [0, 0.1) is 0 Å². The summed E-state index contributed by atoms with van der Waals surface area (Å²) in [5.74, 6) is 0.305. The Hall–Kier alpha value is -1.35. The molecular formula is C15H22N2O. The van der Waals surface area contributed by atoms with Gasteiger partial charge in [0.15, 0.2) is 0 Å². The molecular weight excluding hydrogens is 224 g/mol. The van der Waals surface area contributed by atoms with Gasteiger partial charge in [-0.05, 0) is 18.4 Å². The van der Waals surface area contributed by atoms with Crippen molar-refractivity contribution in [3.8, 4) is 0 Å². The molecule has 0 aliphatic carbocycles. The molecule has 98 valence electrons. The van der Waals surface area contributed by atoms with Crippen LogP contribution in [0.3, 0.4) is 0 Å². The fourth-order valence-corrected chi connectivity index (χ4v) is 2.52. The van der Waals surface area contributed by atoms with Crippen molar-refractivity contribution in [1.29, 1.82) is 0 Å². The van der Waals surface area contributed by atoms with Gasteiger partial charge in [0.2, 0.25) is 5.91 Å². The molecule has 3 nitrogen and oxygen atoms in total. The van der Waals surface area contributed by atoms with Crippen LogP contribution in [0.25, 0.3) is 0 Å². The summed E-state index contributed by atoms with van der Waals surface area (Å²) in [5.41, 5.74) is 1.31. The molecule has 1 fully saturated rings. The first-order valence-corrected chi connectivity index (χ1v) is 6.85. The smallest absolute Gasteiger partial charge is 0.222 e. The lowest BCUT2D eigenvalue weighted by Crippen LogP contribution is -2.54. The summed E-state index contributed by atoms with van der Waals surface area (Å²) >= 11 is 0. The van der Waals surface area contributed by atoms with Crippen LogP contribution in [0.4, 0.5) is 0 Å². The standard InChI is InChI=1S/C15H22N2O/c1-2-6-15(18)17-10-9-16-12-14(17)11-13-7-4-3-5-8-13/h3-5,7-8,14,16H,2,6,9-12H2,1H3. The molecule has 0 bridgehead atoms. The topological polar surface area (TPSA) is 32.3 Å². The van der Waals surface area contributed by atoms with Crippen molar-refractivity contribution in [2.45, 2.75) is 32.2 Å². The van der Waals surface area contributed by atoms with Crippen LogP contribution in [-0.4, -0.2) is 36.5 Å². The molecule has 1 saturated heterocycles. The van der Waals surface area contributed by atoms with Crippen LogP contribution in [-0.2, 0) is 11.2 Å². The summed E-state index contributed by atoms with van der Waals surface area (Å²) in [6.07, 6.45) is 2.55. The summed E-state index contributed by atoms with van der Waals surface area (Å²) in [5, 5.41) is 3.39. The van der Waals surface area contributed by atoms with Crippen LogP contribution >= 0.6 is 0 Å². The molecule has 1 amide bonds. The number of carbonyl (C=O) groups excluding carboxylic acids is 1. The Bertz CT molecular complexity index is 377. The number of hydrogen-bond acceptors (Lipinski definition) is 2. The van der Waals surface area contributed by atoms with Gasteiger partial charge in [-0.2, -0.15) is 0 Å². The van der Waals surface area contributed by atoms with Gasteiger partial charge in [-0.25, -0.2) is 0 Å². The molecule has 0 spiro atoms. The second-order valence-corrected chi connectivity index (χ2v) is 4.88. The van der Waals surface area contributed by atoms with Crippen LogP contribution in [0.2, 0.25) is 0 Å². The normalized spacial score (nSPS) is 19.8. The maximum atomic E-state index is 12.1. The number of nitrogens with zero attached hydrogens (tertiary/aromatic N) is 1. The molecule has 1 N–H and O–H groups in total. The predicted molar refractivity (Wildman–Crippen MR) is 73.4 cm³/mol. The molecule has 1 aliphatic heterocycles. The molecule has 1 aromatic rings. The van der Waals surface area contributed by atoms with Crippen LogP contribution < -0.4 is 5.32 Å². The number of piperazine rings is 1. The monoisotopic (exact) mass is 246 g/mol. The van der Waals surface area contributed by atoms with E-state index in [1.165, 1.54) is 5.56 Å². The van der Waals surface area contributed by atoms with E-state index < -0.39 is 0 Å². The van der Waals surface area contributed by atoms with Crippen LogP contribution in [0.1, 0.15) is 25.3 Å². The van der Waals surface area contributed by atoms with Gasteiger partial charge in [-0.1, -0.05) is 37.3 Å². The van der Waals surface area contributed by atoms with Crippen molar-refractivity contribution >= 4 is 5.91 Å². The summed E-state index contributed by atoms with van der Waals surface area (Å²) in [6, 6.07) is 10.7. The van der Waals surface area contributed by atoms with Gasteiger partial charge in [-0.3, -0.25) is 4.79 Å². The second kappa shape index (κ2) is 6.55. The highest BCUT2D eigenvalue weighted by atomic mass is 16.2. The van der Waals surface area contributed by atoms with Gasteiger partial charge in [0.25, 0.3) is 0 Å². The number of rotatable bonds is 4. The summed E-state index contributed by atoms with van der Waals surface area (Å²) in [4.78, 5) is 14.2. The second-order valence-electron chi connectivity index (χ2n) is 4.88. The first kappa shape index (κ1) is 13.1. The molecule has 0 aromatic heterocycles. The third-order valence-corrected chi connectivity index (χ3v) is 3.45. The average Bonchev–Trinajstić information content (AvgIpc) is 2.41. The highest BCUT2D eigenvalue weighted by Gasteiger charge is 2.25. The third-order valence-electron chi connectivity index (χ3n) is 3.45. The molecule has 0 saturated carbocycles. The molecule has 1 aliphatic rings. The Morgan fingerprint density at radius 3 is 2.89 bits per heavy atom. The Labute approximate surface area is 109 Å². The van der Waals surface area contributed by atoms with E-state index in [1.807, 2.05) is 6.07 Å². The van der Waals surface area contributed by atoms with Crippen molar-refractivity contribution in [1.82, 2.24) is 10.2 Å². The fraction of sp³-hybridized carbons (Fsp3) is 0.533. The van der Waals surface area contributed by atoms with E-state index in [0.717, 1.165) is 32.5 Å². The lowest BCUT2D eigenvalue weighted by Gasteiger charge is -2.36. The summed E-state index contributed by atoms with van der Waals surface area (Å²) in [7, 11) is 0. The van der Waals surface area contributed by atoms with E-state index in [4.69, 9.17) is 0 Å². The zero-order valence-corrected chi connectivity index (χ0v) is 11.1. The fourth-order valence-electron chi connectivity index (χ4n) is 2.52. The first-order chi connectivity index (χ1) is 8.81. The zero-order valence-electron chi connectivity index (χ0n) is 11.1. The molecule has 18 heavy (non-hydrogen) atoms. The molecule has 2 rings (SSSR count). The highest BCUT2D eigenvalue weighted by Crippen LogP contribution is 2.12. The van der Waals surface area contributed by atoms with Crippen molar-refractivity contribution in [2.75, 3.05) is 19.6 Å². The molecule has 1 unspecified atom stereocenters. The predicted octanol–water partition coefficient (Wildman–Crippen LogP) is 1.83. The van der Waals surface area contributed by atoms with Crippen molar-refractivity contribution < 1.29 is 4.79 Å². The number of benzene rings is 1. The van der Waals surface area contributed by atoms with E-state index in [0.29, 0.717) is 18.4 Å². The maximum Gasteiger partial charge on any atom is 0.222 e. The van der Waals surface area contributed by atoms with Gasteiger partial charge in [-0.15, -0.1) is 0 Å². The minimum Gasteiger partial charge on any atom is -0.337 e. The van der Waals surface area contributed by atoms with Gasteiger partial charge >= 0.3 is 0 Å². The molecule has 1 atom stereocenters. The van der Waals surface area contributed by atoms with E-state index in [1.54, 1.807) is 0 Å². The molecule has 1 aromatic carbocycles. The van der Waals surface area contributed by atoms with Crippen molar-refractivity contribution in [3.05, 3.63) is 35.9 Å². The first-order valence-electron chi connectivity index (χ1n) is 6.85. The SMILES string of the molecule is CCCC(=O)N1CCNCC1Cc1ccccc1. The van der Waals surface area contributed by atoms with E-state index >= 15 is 0 Å². The number of amides is 1. The Morgan fingerprint density at radius 2 is 2.17 bits per heavy atom. The van der Waals surface area contributed by atoms with Crippen molar-refractivity contribution in [2.24, 2.45) is 0 Å². The molecule has 1 heterocycles. The maximum absolute atomic E-state index is 12.1. The highest BCUT2D eigenvalue weighted by molar-refractivity contribution is 5.76. The zero-order chi connectivity index (χ0) is 12.8. The number of hydrogen-bond donors (Lipinski definition) is 1. The number of carbonyl (C=O) groups is 1. The molecule has 3 heteroatoms. The quantitative estimate of drug-likeness (QED) is 0.879. The van der Waals surface area contributed by atoms with E-state index in [2.05, 4.69) is 41.4 Å². The van der Waals surface area contributed by atoms with Gasteiger partial charge < -0.3 is 10.2 Å². The number of nitrogens with one attached hydrogen (secondary N) is 1. The van der Waals surface area contributed by atoms with E-state index in [9.17, 15) is 4.79 Å². The summed E-state index contributed by atoms with van der Waals surface area (Å²) in [6.45, 7) is 4.73. The Kier molecular flexibility index (Phi) is 4.76. The van der Waals surface area contributed by atoms with Crippen LogP contribution in [0.5, 0.6) is 0 Å². The molecule has 0 radical (unpaired) electrons. The van der Waals surface area contributed by atoms with E-state index in [-0.39, 0.29) is 0 Å². The average molecular weight is 246 g/mol. The van der Waals surface area contributed by atoms with Crippen LogP contribution in [0.15, 0.2) is 30.3 Å². The summed E-state index contributed by atoms with van der Waals surface area (Å²) < 4.78 is 0. The van der Waals surface area contributed by atoms with Gasteiger partial charge in [0, 0.05) is 32.1 Å². The minimum atomic E-state index is 0.305. The Morgan fingerprint density at radius 1 is 1.39 bits per heavy atom. The third kappa shape index (κ3) is 3.33. The van der Waals surface area contributed by atoms with Gasteiger partial charge in [0.1, 0.15) is 0 Å². The largest absolute Gasteiger partial charge is 0.337 e.